The van der Waals surface area contributed by atoms with E-state index in [2.05, 4.69) is 243 Å². The fourth-order valence-electron chi connectivity index (χ4n) is 13.7. The normalized spacial score (nSPS) is 15.5. The number of benzene rings is 10. The van der Waals surface area contributed by atoms with Crippen molar-refractivity contribution in [2.75, 3.05) is 4.90 Å². The third-order valence-electron chi connectivity index (χ3n) is 16.3. The molecule has 1 heteroatoms. The maximum atomic E-state index is 2.56. The molecular formula is C65H43N. The summed E-state index contributed by atoms with van der Waals surface area (Å²) in [5, 5.41) is 0. The lowest BCUT2D eigenvalue weighted by Crippen LogP contribution is -2.26. The zero-order valence-electron chi connectivity index (χ0n) is 36.8. The molecule has 15 rings (SSSR count). The molecule has 0 heterocycles. The summed E-state index contributed by atoms with van der Waals surface area (Å²) >= 11 is 0. The van der Waals surface area contributed by atoms with Crippen LogP contribution in [0.2, 0.25) is 0 Å². The summed E-state index contributed by atoms with van der Waals surface area (Å²) in [6.07, 6.45) is 0. The second-order valence-electron chi connectivity index (χ2n) is 19.5. The molecule has 0 N–H and O–H groups in total. The van der Waals surface area contributed by atoms with Crippen LogP contribution in [0.3, 0.4) is 0 Å². The molecule has 10 aromatic rings. The number of anilines is 3. The van der Waals surface area contributed by atoms with E-state index in [1.54, 1.807) is 0 Å². The van der Waals surface area contributed by atoms with Crippen LogP contribution in [0, 0.1) is 0 Å². The topological polar surface area (TPSA) is 3.24 Å². The Morgan fingerprint density at radius 1 is 0.227 bits per heavy atom. The van der Waals surface area contributed by atoms with Gasteiger partial charge in [0.05, 0.1) is 10.8 Å². The zero-order valence-corrected chi connectivity index (χ0v) is 36.8. The van der Waals surface area contributed by atoms with Crippen LogP contribution < -0.4 is 4.90 Å². The Kier molecular flexibility index (Phi) is 6.95. The highest BCUT2D eigenvalue weighted by atomic mass is 15.1. The van der Waals surface area contributed by atoms with Gasteiger partial charge in [0.1, 0.15) is 0 Å². The van der Waals surface area contributed by atoms with Gasteiger partial charge in [0, 0.05) is 22.5 Å². The summed E-state index contributed by atoms with van der Waals surface area (Å²) < 4.78 is 0. The van der Waals surface area contributed by atoms with Gasteiger partial charge in [0.2, 0.25) is 0 Å². The number of fused-ring (bicyclic) bond motifs is 23. The van der Waals surface area contributed by atoms with Crippen molar-refractivity contribution in [1.82, 2.24) is 0 Å². The van der Waals surface area contributed by atoms with E-state index in [-0.39, 0.29) is 5.41 Å². The van der Waals surface area contributed by atoms with Crippen molar-refractivity contribution in [1.29, 1.82) is 0 Å². The summed E-state index contributed by atoms with van der Waals surface area (Å²) in [5.41, 5.74) is 29.1. The van der Waals surface area contributed by atoms with Gasteiger partial charge in [-0.2, -0.15) is 0 Å². The van der Waals surface area contributed by atoms with Crippen molar-refractivity contribution in [3.05, 3.63) is 280 Å². The fourth-order valence-corrected chi connectivity index (χ4v) is 13.7. The zero-order chi connectivity index (χ0) is 43.5. The molecule has 0 saturated carbocycles. The molecule has 5 aliphatic carbocycles. The van der Waals surface area contributed by atoms with Gasteiger partial charge in [-0.25, -0.2) is 0 Å². The van der Waals surface area contributed by atoms with Crippen LogP contribution in [0.4, 0.5) is 17.1 Å². The molecule has 0 bridgehead atoms. The molecule has 308 valence electrons. The van der Waals surface area contributed by atoms with Gasteiger partial charge in [-0.1, -0.05) is 202 Å². The summed E-state index contributed by atoms with van der Waals surface area (Å²) in [5.74, 6) is 0. The van der Waals surface area contributed by atoms with Crippen molar-refractivity contribution < 1.29 is 0 Å². The number of rotatable bonds is 3. The van der Waals surface area contributed by atoms with Gasteiger partial charge in [-0.05, 0) is 148 Å². The Hall–Kier alpha value is -8.00. The fraction of sp³-hybridized carbons (Fsp3) is 0.0769. The Morgan fingerprint density at radius 3 is 0.848 bits per heavy atom. The molecule has 0 saturated heterocycles. The van der Waals surface area contributed by atoms with E-state index in [4.69, 9.17) is 0 Å². The van der Waals surface area contributed by atoms with Crippen LogP contribution in [-0.2, 0) is 16.2 Å². The minimum Gasteiger partial charge on any atom is -0.310 e. The Bertz CT molecular complexity index is 3450. The van der Waals surface area contributed by atoms with Crippen molar-refractivity contribution in [2.45, 2.75) is 30.1 Å². The van der Waals surface area contributed by atoms with Crippen molar-refractivity contribution in [3.63, 3.8) is 0 Å². The largest absolute Gasteiger partial charge is 0.310 e. The second kappa shape index (κ2) is 12.6. The average Bonchev–Trinajstić information content (AvgIpc) is 4.10. The minimum atomic E-state index is -0.456. The van der Waals surface area contributed by atoms with E-state index in [0.717, 1.165) is 17.1 Å². The van der Waals surface area contributed by atoms with Crippen LogP contribution in [0.5, 0.6) is 0 Å². The average molecular weight is 838 g/mol. The van der Waals surface area contributed by atoms with Crippen LogP contribution in [-0.4, -0.2) is 0 Å². The van der Waals surface area contributed by atoms with E-state index in [1.807, 2.05) is 0 Å². The highest BCUT2D eigenvalue weighted by Crippen LogP contribution is 2.65. The van der Waals surface area contributed by atoms with Crippen LogP contribution in [0.15, 0.2) is 224 Å². The van der Waals surface area contributed by atoms with Crippen LogP contribution >= 0.6 is 0 Å². The quantitative estimate of drug-likeness (QED) is 0.171. The summed E-state index contributed by atoms with van der Waals surface area (Å²) in [7, 11) is 0. The highest BCUT2D eigenvalue weighted by Gasteiger charge is 2.53. The predicted octanol–water partition coefficient (Wildman–Crippen LogP) is 16.1. The third kappa shape index (κ3) is 4.24. The van der Waals surface area contributed by atoms with E-state index in [9.17, 15) is 0 Å². The SMILES string of the molecule is CC1(C)c2ccccc2-c2cc(N(c3ccc4c(c3)C3(c5ccccc5-c5ccccc53)c3ccccc3-4)c3ccc4c(c3)C3(c5ccccc5-c5ccccc53)c3ccccc3-4)ccc21. The lowest BCUT2D eigenvalue weighted by molar-refractivity contribution is 0.660. The smallest absolute Gasteiger partial charge is 0.0726 e. The number of hydrogen-bond donors (Lipinski definition) is 0. The molecule has 2 spiro atoms. The molecule has 1 nitrogen and oxygen atoms in total. The van der Waals surface area contributed by atoms with E-state index in [0.29, 0.717) is 0 Å². The van der Waals surface area contributed by atoms with E-state index < -0.39 is 10.8 Å². The second-order valence-corrected chi connectivity index (χ2v) is 19.5. The molecule has 5 aliphatic rings. The number of hydrogen-bond acceptors (Lipinski definition) is 1. The molecular weight excluding hydrogens is 795 g/mol. The Morgan fingerprint density at radius 2 is 0.485 bits per heavy atom. The molecule has 0 radical (unpaired) electrons. The molecule has 0 aromatic heterocycles. The first-order valence-electron chi connectivity index (χ1n) is 23.4. The lowest BCUT2D eigenvalue weighted by Gasteiger charge is -2.33. The summed E-state index contributed by atoms with van der Waals surface area (Å²) in [6, 6.07) is 85.7. The van der Waals surface area contributed by atoms with Gasteiger partial charge in [0.15, 0.2) is 0 Å². The minimum absolute atomic E-state index is 0.0980. The maximum absolute atomic E-state index is 2.56. The number of nitrogens with zero attached hydrogens (tertiary/aromatic N) is 1. The van der Waals surface area contributed by atoms with E-state index >= 15 is 0 Å². The van der Waals surface area contributed by atoms with Gasteiger partial charge in [-0.15, -0.1) is 0 Å². The van der Waals surface area contributed by atoms with Gasteiger partial charge >= 0.3 is 0 Å². The van der Waals surface area contributed by atoms with Crippen LogP contribution in [0.25, 0.3) is 55.6 Å². The Balaban J connectivity index is 1.02. The first kappa shape index (κ1) is 36.4. The Labute approximate surface area is 386 Å². The molecule has 0 amide bonds. The lowest BCUT2D eigenvalue weighted by atomic mass is 9.70. The van der Waals surface area contributed by atoms with Gasteiger partial charge in [-0.3, -0.25) is 0 Å². The van der Waals surface area contributed by atoms with Crippen molar-refractivity contribution >= 4 is 17.1 Å². The maximum Gasteiger partial charge on any atom is 0.0726 e. The van der Waals surface area contributed by atoms with Crippen molar-refractivity contribution in [2.24, 2.45) is 0 Å². The van der Waals surface area contributed by atoms with Gasteiger partial charge in [0.25, 0.3) is 0 Å². The first-order chi connectivity index (χ1) is 32.5. The molecule has 0 atom stereocenters. The first-order valence-corrected chi connectivity index (χ1v) is 23.4. The van der Waals surface area contributed by atoms with Crippen LogP contribution in [0.1, 0.15) is 69.5 Å². The molecule has 0 aliphatic heterocycles. The molecule has 10 aromatic carbocycles. The molecule has 0 fully saturated rings. The monoisotopic (exact) mass is 837 g/mol. The molecule has 0 unspecified atom stereocenters. The highest BCUT2D eigenvalue weighted by molar-refractivity contribution is 5.99. The summed E-state index contributed by atoms with van der Waals surface area (Å²) in [6.45, 7) is 4.75. The van der Waals surface area contributed by atoms with Gasteiger partial charge < -0.3 is 4.90 Å². The standard InChI is InChI=1S/C65H43N/c1-63(2)53-24-10-3-23-49(53)52-37-40(33-36-54(52)63)66(41-31-34-50-47-21-8-15-29-59(47)64(61(50)38-41)55-25-11-4-17-43(55)44-18-5-12-26-56(44)64)42-32-35-51-48-22-9-16-30-60(48)65(62(51)39-42)57-27-13-6-19-45(57)46-20-7-14-28-58(46)65/h3-39H,1-2H3. The van der Waals surface area contributed by atoms with Crippen molar-refractivity contribution in [3.8, 4) is 55.6 Å². The predicted molar refractivity (Wildman–Crippen MR) is 271 cm³/mol. The summed E-state index contributed by atoms with van der Waals surface area (Å²) in [4.78, 5) is 2.56. The third-order valence-corrected chi connectivity index (χ3v) is 16.3. The molecule has 66 heavy (non-hydrogen) atoms. The van der Waals surface area contributed by atoms with E-state index in [1.165, 1.54) is 111 Å².